The van der Waals surface area contributed by atoms with Crippen LogP contribution in [0.5, 0.6) is 0 Å². The molecule has 0 fully saturated rings. The third-order valence-electron chi connectivity index (χ3n) is 2.23. The van der Waals surface area contributed by atoms with Gasteiger partial charge in [-0.25, -0.2) is 5.84 Å². The van der Waals surface area contributed by atoms with Crippen molar-refractivity contribution >= 4 is 5.69 Å². The molecule has 0 radical (unpaired) electrons. The number of hydrazine groups is 1. The van der Waals surface area contributed by atoms with Gasteiger partial charge in [-0.2, -0.15) is 0 Å². The summed E-state index contributed by atoms with van der Waals surface area (Å²) in [5.41, 5.74) is 3.89. The molecule has 0 unspecified atom stereocenters. The Morgan fingerprint density at radius 2 is 2.27 bits per heavy atom. The van der Waals surface area contributed by atoms with E-state index in [0.29, 0.717) is 0 Å². The van der Waals surface area contributed by atoms with Crippen LogP contribution in [0.15, 0.2) is 18.2 Å². The third-order valence-corrected chi connectivity index (χ3v) is 2.23. The number of para-hydroxylation sites is 1. The smallest absolute Gasteiger partial charge is 0.0579 e. The number of nitrogens with zero attached hydrogens (tertiary/aromatic N) is 1. The molecule has 0 aliphatic carbocycles. The molecular weight excluding hydrogens is 136 g/mol. The molecule has 1 aliphatic rings. The molecule has 1 aromatic carbocycles. The number of aryl methyl sites for hydroxylation is 1. The van der Waals surface area contributed by atoms with E-state index in [2.05, 4.69) is 25.1 Å². The summed E-state index contributed by atoms with van der Waals surface area (Å²) in [7, 11) is 0. The van der Waals surface area contributed by atoms with Gasteiger partial charge in [0.25, 0.3) is 0 Å². The maximum absolute atomic E-state index is 5.78. The lowest BCUT2D eigenvalue weighted by Crippen LogP contribution is -2.28. The van der Waals surface area contributed by atoms with Crippen molar-refractivity contribution in [3.05, 3.63) is 29.3 Å². The van der Waals surface area contributed by atoms with Crippen LogP contribution in [-0.2, 0) is 6.42 Å². The number of nitrogens with two attached hydrogens (primary N) is 1. The molecule has 0 spiro atoms. The molecule has 0 aromatic heterocycles. The minimum atomic E-state index is 0.959. The van der Waals surface area contributed by atoms with Crippen molar-refractivity contribution < 1.29 is 0 Å². The van der Waals surface area contributed by atoms with Crippen LogP contribution in [0.3, 0.4) is 0 Å². The van der Waals surface area contributed by atoms with Gasteiger partial charge in [0.05, 0.1) is 5.69 Å². The van der Waals surface area contributed by atoms with E-state index >= 15 is 0 Å². The van der Waals surface area contributed by atoms with E-state index < -0.39 is 0 Å². The predicted octanol–water partition coefficient (Wildman–Crippen LogP) is 1.23. The molecule has 1 aromatic rings. The van der Waals surface area contributed by atoms with E-state index in [4.69, 9.17) is 5.84 Å². The fourth-order valence-corrected chi connectivity index (χ4v) is 1.69. The van der Waals surface area contributed by atoms with Crippen molar-refractivity contribution in [1.29, 1.82) is 0 Å². The number of hydrogen-bond donors (Lipinski definition) is 1. The number of fused-ring (bicyclic) bond motifs is 1. The first-order chi connectivity index (χ1) is 5.29. The third kappa shape index (κ3) is 0.906. The molecule has 0 atom stereocenters. The summed E-state index contributed by atoms with van der Waals surface area (Å²) in [6.45, 7) is 3.06. The van der Waals surface area contributed by atoms with E-state index in [9.17, 15) is 0 Å². The second kappa shape index (κ2) is 2.24. The van der Waals surface area contributed by atoms with Crippen molar-refractivity contribution in [2.75, 3.05) is 11.6 Å². The average molecular weight is 148 g/mol. The van der Waals surface area contributed by atoms with Gasteiger partial charge in [-0.3, -0.25) is 0 Å². The predicted molar refractivity (Wildman–Crippen MR) is 46.4 cm³/mol. The SMILES string of the molecule is Cc1cccc2c1N(N)CC2. The standard InChI is InChI=1S/C9H12N2/c1-7-3-2-4-8-5-6-11(10)9(7)8/h2-4H,5-6,10H2,1H3. The van der Waals surface area contributed by atoms with Gasteiger partial charge in [0.15, 0.2) is 0 Å². The first-order valence-corrected chi connectivity index (χ1v) is 3.90. The minimum absolute atomic E-state index is 0.959. The highest BCUT2D eigenvalue weighted by molar-refractivity contribution is 5.61. The van der Waals surface area contributed by atoms with Gasteiger partial charge in [-0.1, -0.05) is 18.2 Å². The molecule has 2 rings (SSSR count). The van der Waals surface area contributed by atoms with Gasteiger partial charge in [-0.05, 0) is 24.5 Å². The van der Waals surface area contributed by atoms with Gasteiger partial charge in [-0.15, -0.1) is 0 Å². The largest absolute Gasteiger partial charge is 0.310 e. The van der Waals surface area contributed by atoms with Crippen LogP contribution in [0.2, 0.25) is 0 Å². The van der Waals surface area contributed by atoms with E-state index in [1.165, 1.54) is 16.8 Å². The zero-order valence-corrected chi connectivity index (χ0v) is 6.67. The summed E-state index contributed by atoms with van der Waals surface area (Å²) < 4.78 is 0. The molecular formula is C9H12N2. The summed E-state index contributed by atoms with van der Waals surface area (Å²) >= 11 is 0. The van der Waals surface area contributed by atoms with Crippen LogP contribution in [0.1, 0.15) is 11.1 Å². The maximum Gasteiger partial charge on any atom is 0.0579 e. The van der Waals surface area contributed by atoms with E-state index in [0.717, 1.165) is 13.0 Å². The molecule has 2 N–H and O–H groups in total. The summed E-state index contributed by atoms with van der Waals surface area (Å²) in [6, 6.07) is 6.34. The van der Waals surface area contributed by atoms with Crippen molar-refractivity contribution in [1.82, 2.24) is 0 Å². The van der Waals surface area contributed by atoms with Gasteiger partial charge in [0.1, 0.15) is 0 Å². The molecule has 58 valence electrons. The Hall–Kier alpha value is -1.02. The van der Waals surface area contributed by atoms with Crippen LogP contribution in [0.4, 0.5) is 5.69 Å². The second-order valence-electron chi connectivity index (χ2n) is 3.03. The molecule has 2 nitrogen and oxygen atoms in total. The number of anilines is 1. The van der Waals surface area contributed by atoms with Crippen molar-refractivity contribution in [2.45, 2.75) is 13.3 Å². The van der Waals surface area contributed by atoms with Crippen LogP contribution in [0.25, 0.3) is 0 Å². The first-order valence-electron chi connectivity index (χ1n) is 3.90. The number of rotatable bonds is 0. The number of benzene rings is 1. The Bertz CT molecular complexity index is 281. The lowest BCUT2D eigenvalue weighted by Gasteiger charge is -2.13. The highest BCUT2D eigenvalue weighted by Crippen LogP contribution is 2.28. The Morgan fingerprint density at radius 1 is 1.45 bits per heavy atom. The highest BCUT2D eigenvalue weighted by atomic mass is 15.4. The average Bonchev–Trinajstić information content (AvgIpc) is 2.34. The van der Waals surface area contributed by atoms with Crippen LogP contribution in [0, 0.1) is 6.92 Å². The van der Waals surface area contributed by atoms with Crippen molar-refractivity contribution in [2.24, 2.45) is 5.84 Å². The zero-order chi connectivity index (χ0) is 7.84. The summed E-state index contributed by atoms with van der Waals surface area (Å²) in [4.78, 5) is 0. The number of hydrogen-bond acceptors (Lipinski definition) is 2. The van der Waals surface area contributed by atoms with Crippen LogP contribution in [-0.4, -0.2) is 6.54 Å². The van der Waals surface area contributed by atoms with Crippen molar-refractivity contribution in [3.8, 4) is 0 Å². The molecule has 0 saturated carbocycles. The van der Waals surface area contributed by atoms with Crippen LogP contribution < -0.4 is 10.9 Å². The minimum Gasteiger partial charge on any atom is -0.310 e. The summed E-state index contributed by atoms with van der Waals surface area (Å²) in [5, 5.41) is 1.84. The zero-order valence-electron chi connectivity index (χ0n) is 6.67. The van der Waals surface area contributed by atoms with Crippen molar-refractivity contribution in [3.63, 3.8) is 0 Å². The summed E-state index contributed by atoms with van der Waals surface area (Å²) in [5.74, 6) is 5.78. The summed E-state index contributed by atoms with van der Waals surface area (Å²) in [6.07, 6.45) is 1.09. The van der Waals surface area contributed by atoms with Gasteiger partial charge in [0.2, 0.25) is 0 Å². The normalized spacial score (nSPS) is 15.3. The Morgan fingerprint density at radius 3 is 3.00 bits per heavy atom. The van der Waals surface area contributed by atoms with Gasteiger partial charge in [0, 0.05) is 6.54 Å². The monoisotopic (exact) mass is 148 g/mol. The van der Waals surface area contributed by atoms with E-state index in [-0.39, 0.29) is 0 Å². The van der Waals surface area contributed by atoms with E-state index in [1.54, 1.807) is 0 Å². The lowest BCUT2D eigenvalue weighted by atomic mass is 10.1. The first kappa shape index (κ1) is 6.68. The van der Waals surface area contributed by atoms with Gasteiger partial charge < -0.3 is 5.01 Å². The Balaban J connectivity index is 2.58. The fourth-order valence-electron chi connectivity index (χ4n) is 1.69. The molecule has 2 heteroatoms. The molecule has 1 aliphatic heterocycles. The van der Waals surface area contributed by atoms with Gasteiger partial charge >= 0.3 is 0 Å². The lowest BCUT2D eigenvalue weighted by molar-refractivity contribution is 0.889. The molecule has 11 heavy (non-hydrogen) atoms. The molecule has 0 amide bonds. The molecule has 0 bridgehead atoms. The fraction of sp³-hybridized carbons (Fsp3) is 0.333. The van der Waals surface area contributed by atoms with E-state index in [1.807, 2.05) is 5.01 Å². The molecule has 0 saturated heterocycles. The topological polar surface area (TPSA) is 29.3 Å². The maximum atomic E-state index is 5.78. The Kier molecular flexibility index (Phi) is 1.36. The highest BCUT2D eigenvalue weighted by Gasteiger charge is 2.16. The second-order valence-corrected chi connectivity index (χ2v) is 3.03. The Labute approximate surface area is 66.6 Å². The van der Waals surface area contributed by atoms with Crippen LogP contribution >= 0.6 is 0 Å². The quantitative estimate of drug-likeness (QED) is 0.561. The molecule has 1 heterocycles.